The van der Waals surface area contributed by atoms with Crippen LogP contribution in [0.5, 0.6) is 0 Å². The molecule has 5 nitrogen and oxygen atoms in total. The minimum absolute atomic E-state index is 0.183. The summed E-state index contributed by atoms with van der Waals surface area (Å²) < 4.78 is 34.7. The van der Waals surface area contributed by atoms with Gasteiger partial charge in [0.05, 0.1) is 23.6 Å². The van der Waals surface area contributed by atoms with Crippen LogP contribution in [0.3, 0.4) is 0 Å². The van der Waals surface area contributed by atoms with Crippen LogP contribution in [0.4, 0.5) is 0 Å². The Kier molecular flexibility index (Phi) is 6.42. The van der Waals surface area contributed by atoms with Gasteiger partial charge in [-0.3, -0.25) is 4.98 Å². The van der Waals surface area contributed by atoms with Gasteiger partial charge >= 0.3 is 0 Å². The Balaban J connectivity index is 1.49. The van der Waals surface area contributed by atoms with E-state index in [2.05, 4.69) is 9.71 Å². The number of benzene rings is 3. The average molecular weight is 433 g/mol. The standard InChI is InChI=1S/C25H24N2O3S/c1-19-13-14-24(23-12-7-15-26-25(19)23)31(28,29)27-16-21-10-5-6-11-22(21)18-30-17-20-8-3-2-4-9-20/h2-15,27H,16-18H2,1H3. The minimum Gasteiger partial charge on any atom is -0.372 e. The van der Waals surface area contributed by atoms with Crippen LogP contribution >= 0.6 is 0 Å². The number of sulfonamides is 1. The van der Waals surface area contributed by atoms with E-state index >= 15 is 0 Å². The van der Waals surface area contributed by atoms with Crippen LogP contribution in [0.2, 0.25) is 0 Å². The molecule has 4 rings (SSSR count). The van der Waals surface area contributed by atoms with Crippen molar-refractivity contribution in [2.45, 2.75) is 31.6 Å². The van der Waals surface area contributed by atoms with Gasteiger partial charge in [-0.15, -0.1) is 0 Å². The smallest absolute Gasteiger partial charge is 0.241 e. The summed E-state index contributed by atoms with van der Waals surface area (Å²) in [5, 5.41) is 0.620. The van der Waals surface area contributed by atoms with Gasteiger partial charge in [-0.1, -0.05) is 60.7 Å². The molecule has 0 amide bonds. The summed E-state index contributed by atoms with van der Waals surface area (Å²) in [6.07, 6.45) is 1.67. The molecule has 0 saturated heterocycles. The molecule has 0 radical (unpaired) electrons. The molecule has 6 heteroatoms. The molecule has 1 heterocycles. The van der Waals surface area contributed by atoms with Gasteiger partial charge in [0, 0.05) is 18.1 Å². The lowest BCUT2D eigenvalue weighted by Gasteiger charge is -2.13. The molecule has 3 aromatic carbocycles. The summed E-state index contributed by atoms with van der Waals surface area (Å²) in [5.74, 6) is 0. The van der Waals surface area contributed by atoms with E-state index in [1.54, 1.807) is 30.5 Å². The van der Waals surface area contributed by atoms with Gasteiger partial charge in [-0.05, 0) is 47.4 Å². The third-order valence-electron chi connectivity index (χ3n) is 5.16. The number of ether oxygens (including phenoxy) is 1. The summed E-state index contributed by atoms with van der Waals surface area (Å²) in [7, 11) is -3.71. The molecular weight excluding hydrogens is 408 g/mol. The van der Waals surface area contributed by atoms with E-state index in [4.69, 9.17) is 4.74 Å². The van der Waals surface area contributed by atoms with Gasteiger partial charge in [-0.25, -0.2) is 13.1 Å². The van der Waals surface area contributed by atoms with Crippen molar-refractivity contribution in [3.8, 4) is 0 Å². The Labute approximate surface area is 182 Å². The number of fused-ring (bicyclic) bond motifs is 1. The van der Waals surface area contributed by atoms with Gasteiger partial charge in [0.2, 0.25) is 10.0 Å². The molecule has 0 aliphatic heterocycles. The van der Waals surface area contributed by atoms with Crippen LogP contribution in [0.1, 0.15) is 22.3 Å². The Morgan fingerprint density at radius 3 is 2.39 bits per heavy atom. The van der Waals surface area contributed by atoms with Crippen molar-refractivity contribution in [2.75, 3.05) is 0 Å². The highest BCUT2D eigenvalue weighted by Crippen LogP contribution is 2.24. The number of nitrogens with one attached hydrogen (secondary N) is 1. The first kappa shape index (κ1) is 21.2. The summed E-state index contributed by atoms with van der Waals surface area (Å²) >= 11 is 0. The predicted octanol–water partition coefficient (Wildman–Crippen LogP) is 4.74. The molecule has 0 aliphatic rings. The number of aromatic nitrogens is 1. The summed E-state index contributed by atoms with van der Waals surface area (Å²) in [4.78, 5) is 4.57. The van der Waals surface area contributed by atoms with Crippen LogP contribution in [0.25, 0.3) is 10.9 Å². The van der Waals surface area contributed by atoms with Gasteiger partial charge in [0.1, 0.15) is 0 Å². The zero-order valence-corrected chi connectivity index (χ0v) is 18.1. The van der Waals surface area contributed by atoms with Crippen LogP contribution < -0.4 is 4.72 Å². The molecule has 0 atom stereocenters. The molecule has 0 bridgehead atoms. The number of nitrogens with zero attached hydrogens (tertiary/aromatic N) is 1. The number of hydrogen-bond acceptors (Lipinski definition) is 4. The van der Waals surface area contributed by atoms with Crippen LogP contribution in [-0.4, -0.2) is 13.4 Å². The number of hydrogen-bond donors (Lipinski definition) is 1. The third kappa shape index (κ3) is 4.99. The molecule has 158 valence electrons. The lowest BCUT2D eigenvalue weighted by atomic mass is 10.1. The van der Waals surface area contributed by atoms with E-state index in [9.17, 15) is 8.42 Å². The van der Waals surface area contributed by atoms with Crippen molar-refractivity contribution >= 4 is 20.9 Å². The second kappa shape index (κ2) is 9.39. The van der Waals surface area contributed by atoms with Gasteiger partial charge in [0.25, 0.3) is 0 Å². The molecule has 1 aromatic heterocycles. The molecule has 0 saturated carbocycles. The zero-order chi connectivity index (χ0) is 21.7. The fourth-order valence-corrected chi connectivity index (χ4v) is 4.70. The van der Waals surface area contributed by atoms with Crippen molar-refractivity contribution in [3.63, 3.8) is 0 Å². The number of rotatable bonds is 8. The van der Waals surface area contributed by atoms with Crippen LogP contribution in [0, 0.1) is 6.92 Å². The van der Waals surface area contributed by atoms with Crippen molar-refractivity contribution in [2.24, 2.45) is 0 Å². The highest BCUT2D eigenvalue weighted by Gasteiger charge is 2.18. The second-order valence-electron chi connectivity index (χ2n) is 7.35. The molecule has 1 N–H and O–H groups in total. The first-order valence-electron chi connectivity index (χ1n) is 10.1. The third-order valence-corrected chi connectivity index (χ3v) is 6.62. The molecule has 0 spiro atoms. The Bertz CT molecular complexity index is 1290. The number of pyridine rings is 1. The maximum atomic E-state index is 13.1. The summed E-state index contributed by atoms with van der Waals surface area (Å²) in [6, 6.07) is 24.6. The minimum atomic E-state index is -3.71. The zero-order valence-electron chi connectivity index (χ0n) is 17.3. The van der Waals surface area contributed by atoms with Crippen molar-refractivity contribution in [1.29, 1.82) is 0 Å². The first-order valence-corrected chi connectivity index (χ1v) is 11.6. The average Bonchev–Trinajstić information content (AvgIpc) is 2.79. The molecule has 0 fully saturated rings. The van der Waals surface area contributed by atoms with E-state index in [-0.39, 0.29) is 11.4 Å². The van der Waals surface area contributed by atoms with E-state index in [1.807, 2.05) is 61.5 Å². The lowest BCUT2D eigenvalue weighted by Crippen LogP contribution is -2.24. The number of aryl methyl sites for hydroxylation is 1. The quantitative estimate of drug-likeness (QED) is 0.437. The molecule has 0 unspecified atom stereocenters. The SMILES string of the molecule is Cc1ccc(S(=O)(=O)NCc2ccccc2COCc2ccccc2)c2cccnc12. The van der Waals surface area contributed by atoms with Gasteiger partial charge in [-0.2, -0.15) is 0 Å². The highest BCUT2D eigenvalue weighted by atomic mass is 32.2. The van der Waals surface area contributed by atoms with E-state index < -0.39 is 10.0 Å². The first-order chi connectivity index (χ1) is 15.0. The highest BCUT2D eigenvalue weighted by molar-refractivity contribution is 7.89. The van der Waals surface area contributed by atoms with Gasteiger partial charge < -0.3 is 4.74 Å². The molecular formula is C25H24N2O3S. The lowest BCUT2D eigenvalue weighted by molar-refractivity contribution is 0.106. The molecule has 0 aliphatic carbocycles. The van der Waals surface area contributed by atoms with E-state index in [1.165, 1.54) is 0 Å². The topological polar surface area (TPSA) is 68.3 Å². The van der Waals surface area contributed by atoms with Crippen molar-refractivity contribution in [1.82, 2.24) is 9.71 Å². The Hall–Kier alpha value is -3.06. The van der Waals surface area contributed by atoms with Crippen molar-refractivity contribution in [3.05, 3.63) is 107 Å². The maximum absolute atomic E-state index is 13.1. The maximum Gasteiger partial charge on any atom is 0.241 e. The second-order valence-corrected chi connectivity index (χ2v) is 9.09. The van der Waals surface area contributed by atoms with E-state index in [0.717, 1.165) is 22.3 Å². The van der Waals surface area contributed by atoms with Crippen LogP contribution in [-0.2, 0) is 34.5 Å². The summed E-state index contributed by atoms with van der Waals surface area (Å²) in [5.41, 5.74) is 4.57. The van der Waals surface area contributed by atoms with Gasteiger partial charge in [0.15, 0.2) is 0 Å². The van der Waals surface area contributed by atoms with Crippen molar-refractivity contribution < 1.29 is 13.2 Å². The molecule has 4 aromatic rings. The molecule has 31 heavy (non-hydrogen) atoms. The normalized spacial score (nSPS) is 11.6. The monoisotopic (exact) mass is 432 g/mol. The summed E-state index contributed by atoms with van der Waals surface area (Å²) in [6.45, 7) is 3.02. The fraction of sp³-hybridized carbons (Fsp3) is 0.160. The van der Waals surface area contributed by atoms with Crippen LogP contribution in [0.15, 0.2) is 90.0 Å². The Morgan fingerprint density at radius 2 is 1.58 bits per heavy atom. The predicted molar refractivity (Wildman–Crippen MR) is 122 cm³/mol. The largest absolute Gasteiger partial charge is 0.372 e. The Morgan fingerprint density at radius 1 is 0.839 bits per heavy atom. The van der Waals surface area contributed by atoms with E-state index in [0.29, 0.717) is 24.1 Å². The fourth-order valence-electron chi connectivity index (χ4n) is 3.50.